The Morgan fingerprint density at radius 1 is 1.50 bits per heavy atom. The molecule has 3 nitrogen and oxygen atoms in total. The fourth-order valence-electron chi connectivity index (χ4n) is 2.48. The Morgan fingerprint density at radius 3 is 3.00 bits per heavy atom. The minimum Gasteiger partial charge on any atom is -0.399 e. The molecule has 1 unspecified atom stereocenters. The number of hydrogen-bond acceptors (Lipinski definition) is 2. The summed E-state index contributed by atoms with van der Waals surface area (Å²) in [6.07, 6.45) is 4.73. The van der Waals surface area contributed by atoms with Crippen molar-refractivity contribution in [1.82, 2.24) is 5.32 Å². The maximum Gasteiger partial charge on any atom is 0.220 e. The minimum absolute atomic E-state index is 0. The summed E-state index contributed by atoms with van der Waals surface area (Å²) in [5.74, 6) is 0.155. The smallest absolute Gasteiger partial charge is 0.220 e. The Hall–Kier alpha value is -1.22. The van der Waals surface area contributed by atoms with Crippen LogP contribution in [0.2, 0.25) is 0 Å². The molecular formula is C14H21ClN2O. The average molecular weight is 269 g/mol. The van der Waals surface area contributed by atoms with Crippen LogP contribution in [0.15, 0.2) is 18.2 Å². The SMILES string of the molecule is CCCC(=O)NC1CCCc2cc(N)ccc21.Cl. The van der Waals surface area contributed by atoms with E-state index >= 15 is 0 Å². The van der Waals surface area contributed by atoms with E-state index in [4.69, 9.17) is 5.73 Å². The van der Waals surface area contributed by atoms with Gasteiger partial charge in [0.1, 0.15) is 0 Å². The van der Waals surface area contributed by atoms with Crippen LogP contribution in [0.4, 0.5) is 5.69 Å². The first-order valence-electron chi connectivity index (χ1n) is 6.38. The minimum atomic E-state index is 0. The highest BCUT2D eigenvalue weighted by molar-refractivity contribution is 5.85. The van der Waals surface area contributed by atoms with Gasteiger partial charge in [-0.2, -0.15) is 0 Å². The summed E-state index contributed by atoms with van der Waals surface area (Å²) < 4.78 is 0. The summed E-state index contributed by atoms with van der Waals surface area (Å²) in [4.78, 5) is 11.7. The Bertz CT molecular complexity index is 420. The highest BCUT2D eigenvalue weighted by Crippen LogP contribution is 2.30. The van der Waals surface area contributed by atoms with E-state index in [0.717, 1.165) is 31.4 Å². The third-order valence-electron chi connectivity index (χ3n) is 3.29. The lowest BCUT2D eigenvalue weighted by Crippen LogP contribution is -2.30. The molecular weight excluding hydrogens is 248 g/mol. The number of carbonyl (C=O) groups is 1. The van der Waals surface area contributed by atoms with Gasteiger partial charge < -0.3 is 11.1 Å². The third kappa shape index (κ3) is 3.39. The van der Waals surface area contributed by atoms with E-state index in [-0.39, 0.29) is 24.4 Å². The molecule has 4 heteroatoms. The van der Waals surface area contributed by atoms with Gasteiger partial charge in [-0.3, -0.25) is 4.79 Å². The molecule has 0 saturated carbocycles. The number of fused-ring (bicyclic) bond motifs is 1. The van der Waals surface area contributed by atoms with Crippen molar-refractivity contribution in [1.29, 1.82) is 0 Å². The van der Waals surface area contributed by atoms with Crippen LogP contribution < -0.4 is 11.1 Å². The summed E-state index contributed by atoms with van der Waals surface area (Å²) in [6.45, 7) is 2.02. The Labute approximate surface area is 115 Å². The lowest BCUT2D eigenvalue weighted by molar-refractivity contribution is -0.121. The van der Waals surface area contributed by atoms with Crippen molar-refractivity contribution in [3.63, 3.8) is 0 Å². The lowest BCUT2D eigenvalue weighted by atomic mass is 9.87. The Morgan fingerprint density at radius 2 is 2.28 bits per heavy atom. The van der Waals surface area contributed by atoms with Gasteiger partial charge in [0.05, 0.1) is 6.04 Å². The second-order valence-electron chi connectivity index (χ2n) is 4.72. The predicted octanol–water partition coefficient (Wildman–Crippen LogP) is 2.98. The largest absolute Gasteiger partial charge is 0.399 e. The Balaban J connectivity index is 0.00000162. The van der Waals surface area contributed by atoms with Gasteiger partial charge in [-0.1, -0.05) is 13.0 Å². The van der Waals surface area contributed by atoms with Gasteiger partial charge in [-0.25, -0.2) is 0 Å². The zero-order chi connectivity index (χ0) is 12.3. The molecule has 0 spiro atoms. The monoisotopic (exact) mass is 268 g/mol. The van der Waals surface area contributed by atoms with Crippen LogP contribution in [0.25, 0.3) is 0 Å². The first-order chi connectivity index (χ1) is 8.20. The number of amides is 1. The summed E-state index contributed by atoms with van der Waals surface area (Å²) in [5, 5.41) is 3.12. The van der Waals surface area contributed by atoms with Crippen molar-refractivity contribution in [2.75, 3.05) is 5.73 Å². The van der Waals surface area contributed by atoms with Gasteiger partial charge in [0.15, 0.2) is 0 Å². The van der Waals surface area contributed by atoms with E-state index in [1.165, 1.54) is 11.1 Å². The van der Waals surface area contributed by atoms with Gasteiger partial charge in [-0.05, 0) is 48.9 Å². The molecule has 0 fully saturated rings. The topological polar surface area (TPSA) is 55.1 Å². The van der Waals surface area contributed by atoms with Crippen molar-refractivity contribution in [2.45, 2.75) is 45.1 Å². The van der Waals surface area contributed by atoms with Crippen LogP contribution in [0.3, 0.4) is 0 Å². The van der Waals surface area contributed by atoms with Gasteiger partial charge in [0, 0.05) is 12.1 Å². The average Bonchev–Trinajstić information content (AvgIpc) is 2.29. The number of nitrogen functional groups attached to an aromatic ring is 1. The molecule has 1 amide bonds. The lowest BCUT2D eigenvalue weighted by Gasteiger charge is -2.26. The van der Waals surface area contributed by atoms with E-state index in [1.807, 2.05) is 19.1 Å². The quantitative estimate of drug-likeness (QED) is 0.828. The molecule has 1 aromatic rings. The van der Waals surface area contributed by atoms with E-state index in [1.54, 1.807) is 0 Å². The normalized spacial score (nSPS) is 17.5. The molecule has 0 saturated heterocycles. The molecule has 1 aliphatic carbocycles. The number of nitrogens with one attached hydrogen (secondary N) is 1. The summed E-state index contributed by atoms with van der Waals surface area (Å²) in [6, 6.07) is 6.19. The number of halogens is 1. The number of aryl methyl sites for hydroxylation is 1. The van der Waals surface area contributed by atoms with E-state index < -0.39 is 0 Å². The Kier molecular flexibility index (Phi) is 5.48. The van der Waals surface area contributed by atoms with Crippen LogP contribution in [-0.4, -0.2) is 5.91 Å². The third-order valence-corrected chi connectivity index (χ3v) is 3.29. The van der Waals surface area contributed by atoms with Crippen LogP contribution >= 0.6 is 12.4 Å². The predicted molar refractivity (Wildman–Crippen MR) is 76.8 cm³/mol. The van der Waals surface area contributed by atoms with Crippen LogP contribution in [0.1, 0.15) is 49.8 Å². The van der Waals surface area contributed by atoms with E-state index in [0.29, 0.717) is 6.42 Å². The molecule has 3 N–H and O–H groups in total. The molecule has 0 radical (unpaired) electrons. The first kappa shape index (κ1) is 14.8. The fraction of sp³-hybridized carbons (Fsp3) is 0.500. The van der Waals surface area contributed by atoms with Crippen molar-refractivity contribution in [2.24, 2.45) is 0 Å². The van der Waals surface area contributed by atoms with Gasteiger partial charge in [0.2, 0.25) is 5.91 Å². The van der Waals surface area contributed by atoms with Crippen LogP contribution in [0, 0.1) is 0 Å². The van der Waals surface area contributed by atoms with E-state index in [9.17, 15) is 4.79 Å². The van der Waals surface area contributed by atoms with Crippen LogP contribution in [-0.2, 0) is 11.2 Å². The van der Waals surface area contributed by atoms with Crippen molar-refractivity contribution >= 4 is 24.0 Å². The number of anilines is 1. The molecule has 1 aromatic carbocycles. The molecule has 18 heavy (non-hydrogen) atoms. The molecule has 100 valence electrons. The summed E-state index contributed by atoms with van der Waals surface area (Å²) in [5.41, 5.74) is 9.13. The first-order valence-corrected chi connectivity index (χ1v) is 6.38. The summed E-state index contributed by atoms with van der Waals surface area (Å²) in [7, 11) is 0. The highest BCUT2D eigenvalue weighted by atomic mass is 35.5. The number of hydrogen-bond donors (Lipinski definition) is 2. The highest BCUT2D eigenvalue weighted by Gasteiger charge is 2.21. The zero-order valence-electron chi connectivity index (χ0n) is 10.7. The second-order valence-corrected chi connectivity index (χ2v) is 4.72. The number of carbonyl (C=O) groups excluding carboxylic acids is 1. The van der Waals surface area contributed by atoms with Crippen molar-refractivity contribution in [3.8, 4) is 0 Å². The molecule has 2 rings (SSSR count). The molecule has 0 heterocycles. The second kappa shape index (κ2) is 6.64. The maximum atomic E-state index is 11.7. The standard InChI is InChI=1S/C14H20N2O.ClH/c1-2-4-14(17)16-13-6-3-5-10-9-11(15)7-8-12(10)13;/h7-9,13H,2-6,15H2,1H3,(H,16,17);1H. The van der Waals surface area contributed by atoms with Crippen molar-refractivity contribution in [3.05, 3.63) is 29.3 Å². The molecule has 0 aromatic heterocycles. The number of rotatable bonds is 3. The van der Waals surface area contributed by atoms with E-state index in [2.05, 4.69) is 11.4 Å². The molecule has 1 aliphatic rings. The number of nitrogens with two attached hydrogens (primary N) is 1. The fourth-order valence-corrected chi connectivity index (χ4v) is 2.48. The summed E-state index contributed by atoms with van der Waals surface area (Å²) >= 11 is 0. The molecule has 1 atom stereocenters. The number of benzene rings is 1. The van der Waals surface area contributed by atoms with Gasteiger partial charge in [0.25, 0.3) is 0 Å². The molecule has 0 aliphatic heterocycles. The van der Waals surface area contributed by atoms with Crippen molar-refractivity contribution < 1.29 is 4.79 Å². The van der Waals surface area contributed by atoms with Gasteiger partial charge >= 0.3 is 0 Å². The maximum absolute atomic E-state index is 11.7. The van der Waals surface area contributed by atoms with Gasteiger partial charge in [-0.15, -0.1) is 12.4 Å². The zero-order valence-corrected chi connectivity index (χ0v) is 11.6. The molecule has 0 bridgehead atoms. The van der Waals surface area contributed by atoms with Crippen LogP contribution in [0.5, 0.6) is 0 Å².